The number of rotatable bonds is 0. The summed E-state index contributed by atoms with van der Waals surface area (Å²) in [5.74, 6) is 0. The van der Waals surface area contributed by atoms with E-state index in [1.54, 1.807) is 0 Å². The lowest BCUT2D eigenvalue weighted by molar-refractivity contribution is 0.617. The zero-order valence-corrected chi connectivity index (χ0v) is 9.30. The van der Waals surface area contributed by atoms with Crippen LogP contribution in [0.3, 0.4) is 0 Å². The van der Waals surface area contributed by atoms with E-state index in [-0.39, 0.29) is 0 Å². The van der Waals surface area contributed by atoms with Gasteiger partial charge in [-0.1, -0.05) is 37.5 Å². The van der Waals surface area contributed by atoms with Crippen LogP contribution in [0.15, 0.2) is 18.2 Å². The lowest BCUT2D eigenvalue weighted by Gasteiger charge is -1.99. The minimum Gasteiger partial charge on any atom is -0.0885 e. The van der Waals surface area contributed by atoms with E-state index < -0.39 is 0 Å². The summed E-state index contributed by atoms with van der Waals surface area (Å²) < 4.78 is 0. The van der Waals surface area contributed by atoms with Gasteiger partial charge in [0.25, 0.3) is 0 Å². The average molecular weight is 191 g/mol. The van der Waals surface area contributed by atoms with Crippen LogP contribution < -0.4 is 0 Å². The molecule has 0 nitrogen and oxygen atoms in total. The van der Waals surface area contributed by atoms with Gasteiger partial charge in [0.05, 0.1) is 0 Å². The molecule has 1 radical (unpaired) electrons. The molecule has 0 aromatic heterocycles. The minimum absolute atomic E-state index is 1.18. The van der Waals surface area contributed by atoms with Crippen LogP contribution in [0.25, 0.3) is 0 Å². The quantitative estimate of drug-likeness (QED) is 0.482. The topological polar surface area (TPSA) is 0 Å². The van der Waals surface area contributed by atoms with Crippen LogP contribution in [0.5, 0.6) is 0 Å². The molecule has 0 bridgehead atoms. The van der Waals surface area contributed by atoms with Crippen molar-refractivity contribution in [2.45, 2.75) is 64.2 Å². The van der Waals surface area contributed by atoms with Gasteiger partial charge in [0.15, 0.2) is 0 Å². The maximum Gasteiger partial charge on any atom is -0.0279 e. The van der Waals surface area contributed by atoms with Crippen LogP contribution in [-0.4, -0.2) is 0 Å². The molecule has 0 amide bonds. The first-order valence-electron chi connectivity index (χ1n) is 6.20. The summed E-state index contributed by atoms with van der Waals surface area (Å²) in [6, 6.07) is 0. The standard InChI is InChI=1S/C14H23/c1-2-4-6-8-10-12-14-13-11-9-7-5-3-1/h1-2,9H,3-8,10,12-14H2/b2-1+,11-9?. The number of hydrogen-bond donors (Lipinski definition) is 0. The molecule has 0 aromatic rings. The molecule has 0 aliphatic heterocycles. The third-order valence-corrected chi connectivity index (χ3v) is 2.72. The molecule has 1 aliphatic carbocycles. The van der Waals surface area contributed by atoms with Gasteiger partial charge in [-0.2, -0.15) is 0 Å². The Bertz CT molecular complexity index is 147. The van der Waals surface area contributed by atoms with Crippen LogP contribution in [0, 0.1) is 6.08 Å². The molecule has 0 heterocycles. The molecule has 14 heavy (non-hydrogen) atoms. The molecule has 1 rings (SSSR count). The molecule has 0 fully saturated rings. The lowest BCUT2D eigenvalue weighted by Crippen LogP contribution is -1.80. The van der Waals surface area contributed by atoms with Gasteiger partial charge in [0, 0.05) is 0 Å². The van der Waals surface area contributed by atoms with E-state index in [0.29, 0.717) is 0 Å². The predicted octanol–water partition coefficient (Wildman–Crippen LogP) is 4.82. The Morgan fingerprint density at radius 2 is 1.36 bits per heavy atom. The molecular formula is C14H23. The molecule has 79 valence electrons. The zero-order chi connectivity index (χ0) is 9.90. The Labute approximate surface area is 89.1 Å². The highest BCUT2D eigenvalue weighted by Crippen LogP contribution is 2.09. The zero-order valence-electron chi connectivity index (χ0n) is 9.30. The Kier molecular flexibility index (Phi) is 7.47. The van der Waals surface area contributed by atoms with Crippen molar-refractivity contribution in [2.75, 3.05) is 0 Å². The predicted molar refractivity (Wildman–Crippen MR) is 63.1 cm³/mol. The van der Waals surface area contributed by atoms with Crippen molar-refractivity contribution in [3.8, 4) is 0 Å². The van der Waals surface area contributed by atoms with Gasteiger partial charge in [-0.25, -0.2) is 0 Å². The molecule has 0 unspecified atom stereocenters. The molecule has 0 spiro atoms. The van der Waals surface area contributed by atoms with E-state index >= 15 is 0 Å². The maximum absolute atomic E-state index is 3.39. The fourth-order valence-corrected chi connectivity index (χ4v) is 1.80. The van der Waals surface area contributed by atoms with E-state index in [9.17, 15) is 0 Å². The van der Waals surface area contributed by atoms with Crippen LogP contribution >= 0.6 is 0 Å². The van der Waals surface area contributed by atoms with Crippen LogP contribution in [0.2, 0.25) is 0 Å². The third-order valence-electron chi connectivity index (χ3n) is 2.72. The van der Waals surface area contributed by atoms with E-state index in [0.717, 1.165) is 0 Å². The van der Waals surface area contributed by atoms with E-state index in [1.807, 2.05) is 0 Å². The summed E-state index contributed by atoms with van der Waals surface area (Å²) in [5.41, 5.74) is 0. The average Bonchev–Trinajstić information content (AvgIpc) is 2.22. The Morgan fingerprint density at radius 3 is 2.29 bits per heavy atom. The first-order chi connectivity index (χ1) is 7.00. The van der Waals surface area contributed by atoms with Gasteiger partial charge in [0.2, 0.25) is 0 Å². The fraction of sp³-hybridized carbons (Fsp3) is 0.714. The molecular weight excluding hydrogens is 168 g/mol. The van der Waals surface area contributed by atoms with Gasteiger partial charge < -0.3 is 0 Å². The van der Waals surface area contributed by atoms with Crippen LogP contribution in [0.1, 0.15) is 64.2 Å². The lowest BCUT2D eigenvalue weighted by atomic mass is 10.1. The van der Waals surface area contributed by atoms with Crippen molar-refractivity contribution in [1.82, 2.24) is 0 Å². The van der Waals surface area contributed by atoms with Gasteiger partial charge in [-0.3, -0.25) is 0 Å². The van der Waals surface area contributed by atoms with Crippen molar-refractivity contribution in [3.05, 3.63) is 24.3 Å². The smallest absolute Gasteiger partial charge is 0.0279 e. The maximum atomic E-state index is 3.39. The summed E-state index contributed by atoms with van der Waals surface area (Å²) >= 11 is 0. The number of allylic oxidation sites excluding steroid dienone is 4. The molecule has 0 saturated carbocycles. The van der Waals surface area contributed by atoms with Gasteiger partial charge in [0.1, 0.15) is 0 Å². The second-order valence-corrected chi connectivity index (χ2v) is 4.12. The largest absolute Gasteiger partial charge is 0.0885 e. The van der Waals surface area contributed by atoms with E-state index in [2.05, 4.69) is 24.3 Å². The molecule has 1 aliphatic rings. The Hall–Kier alpha value is -0.520. The molecule has 0 N–H and O–H groups in total. The van der Waals surface area contributed by atoms with Crippen LogP contribution in [-0.2, 0) is 0 Å². The van der Waals surface area contributed by atoms with E-state index in [1.165, 1.54) is 64.2 Å². The first-order valence-corrected chi connectivity index (χ1v) is 6.20. The van der Waals surface area contributed by atoms with Crippen molar-refractivity contribution < 1.29 is 0 Å². The summed E-state index contributed by atoms with van der Waals surface area (Å²) in [7, 11) is 0. The molecule has 0 heteroatoms. The highest BCUT2D eigenvalue weighted by atomic mass is 14.0. The molecule has 0 aromatic carbocycles. The first kappa shape index (κ1) is 11.6. The van der Waals surface area contributed by atoms with Gasteiger partial charge in [-0.05, 0) is 51.0 Å². The van der Waals surface area contributed by atoms with Gasteiger partial charge in [-0.15, -0.1) is 0 Å². The third kappa shape index (κ3) is 6.94. The van der Waals surface area contributed by atoms with Crippen molar-refractivity contribution in [1.29, 1.82) is 0 Å². The molecule has 0 atom stereocenters. The van der Waals surface area contributed by atoms with E-state index in [4.69, 9.17) is 0 Å². The number of hydrogen-bond acceptors (Lipinski definition) is 0. The summed E-state index contributed by atoms with van der Waals surface area (Å²) in [5, 5.41) is 0. The van der Waals surface area contributed by atoms with Gasteiger partial charge >= 0.3 is 0 Å². The molecule has 0 saturated heterocycles. The summed E-state index contributed by atoms with van der Waals surface area (Å²) in [4.78, 5) is 0. The highest BCUT2D eigenvalue weighted by Gasteiger charge is 1.90. The second kappa shape index (κ2) is 9.05. The fourth-order valence-electron chi connectivity index (χ4n) is 1.80. The monoisotopic (exact) mass is 191 g/mol. The minimum atomic E-state index is 1.18. The van der Waals surface area contributed by atoms with Crippen molar-refractivity contribution >= 4 is 0 Å². The normalized spacial score (nSPS) is 26.3. The highest BCUT2D eigenvalue weighted by molar-refractivity contribution is 4.83. The van der Waals surface area contributed by atoms with Crippen molar-refractivity contribution in [2.24, 2.45) is 0 Å². The van der Waals surface area contributed by atoms with Crippen LogP contribution in [0.4, 0.5) is 0 Å². The summed E-state index contributed by atoms with van der Waals surface area (Å²) in [6.07, 6.45) is 23.5. The summed E-state index contributed by atoms with van der Waals surface area (Å²) in [6.45, 7) is 0. The van der Waals surface area contributed by atoms with Crippen molar-refractivity contribution in [3.63, 3.8) is 0 Å². The SMILES string of the molecule is [C]1=C/CCC/C=C/CCCCCCC/1. The Morgan fingerprint density at radius 1 is 0.643 bits per heavy atom. The second-order valence-electron chi connectivity index (χ2n) is 4.12. The Balaban J connectivity index is 2.16.